The summed E-state index contributed by atoms with van der Waals surface area (Å²) < 4.78 is 25.3. The molecule has 0 radical (unpaired) electrons. The first-order chi connectivity index (χ1) is 5.37. The Morgan fingerprint density at radius 1 is 1.54 bits per heavy atom. The number of primary sulfonamides is 1. The van der Waals surface area contributed by atoms with E-state index in [4.69, 9.17) is 5.73 Å². The molecule has 0 rings (SSSR count). The lowest BCUT2D eigenvalue weighted by molar-refractivity contribution is -0.144. The van der Waals surface area contributed by atoms with Crippen molar-refractivity contribution in [2.75, 3.05) is 12.4 Å². The Balaban J connectivity index is 0. The van der Waals surface area contributed by atoms with Gasteiger partial charge in [-0.2, -0.15) is 0 Å². The summed E-state index contributed by atoms with van der Waals surface area (Å²) in [5.74, 6) is -1.35. The van der Waals surface area contributed by atoms with Crippen LogP contribution in [0.1, 0.15) is 6.92 Å². The quantitative estimate of drug-likeness (QED) is 0.578. The van der Waals surface area contributed by atoms with Gasteiger partial charge in [0.2, 0.25) is 10.0 Å². The number of hydrogen-bond acceptors (Lipinski definition) is 5. The molecular weight excluding hydrogens is 220 g/mol. The topological polar surface area (TPSA) is 112 Å². The van der Waals surface area contributed by atoms with Crippen molar-refractivity contribution in [1.82, 2.24) is 0 Å². The number of rotatable bonds is 4. The molecule has 8 heteroatoms. The van der Waals surface area contributed by atoms with E-state index in [1.165, 1.54) is 0 Å². The lowest BCUT2D eigenvalue weighted by Gasteiger charge is -2.07. The van der Waals surface area contributed by atoms with Crippen LogP contribution in [0.5, 0.6) is 0 Å². The van der Waals surface area contributed by atoms with Gasteiger partial charge in [-0.15, -0.1) is 12.4 Å². The van der Waals surface area contributed by atoms with Gasteiger partial charge in [0.1, 0.15) is 6.04 Å². The molecule has 0 spiro atoms. The van der Waals surface area contributed by atoms with Gasteiger partial charge in [-0.1, -0.05) is 0 Å². The Hall–Kier alpha value is -0.370. The summed E-state index contributed by atoms with van der Waals surface area (Å²) in [7, 11) is -3.71. The summed E-state index contributed by atoms with van der Waals surface area (Å²) >= 11 is 0. The highest BCUT2D eigenvalue weighted by atomic mass is 35.5. The number of halogens is 1. The van der Waals surface area contributed by atoms with Crippen LogP contribution in [0.2, 0.25) is 0 Å². The number of hydrogen-bond donors (Lipinski definition) is 2. The highest BCUT2D eigenvalue weighted by molar-refractivity contribution is 7.89. The molecule has 80 valence electrons. The lowest BCUT2D eigenvalue weighted by atomic mass is 10.4. The lowest BCUT2D eigenvalue weighted by Crippen LogP contribution is -2.40. The van der Waals surface area contributed by atoms with Crippen LogP contribution in [0.4, 0.5) is 0 Å². The molecule has 0 saturated heterocycles. The standard InChI is InChI=1S/C5H12N2O4S.ClH/c1-2-11-5(8)4(6)3-12(7,9)10;/h4H,2-3,6H2,1H3,(H2,7,9,10);1H/t4-;/m0./s1. The minimum Gasteiger partial charge on any atom is -0.465 e. The van der Waals surface area contributed by atoms with Crippen LogP contribution in [0.25, 0.3) is 0 Å². The van der Waals surface area contributed by atoms with Crippen LogP contribution in [-0.2, 0) is 19.6 Å². The van der Waals surface area contributed by atoms with Gasteiger partial charge in [-0.05, 0) is 6.92 Å². The Kier molecular flexibility index (Phi) is 7.14. The van der Waals surface area contributed by atoms with Gasteiger partial charge in [0.15, 0.2) is 0 Å². The third-order valence-electron chi connectivity index (χ3n) is 1.00. The SMILES string of the molecule is CCOC(=O)[C@@H](N)CS(N)(=O)=O.Cl. The summed E-state index contributed by atoms with van der Waals surface area (Å²) in [5.41, 5.74) is 5.16. The number of carbonyl (C=O) groups is 1. The van der Waals surface area contributed by atoms with E-state index in [-0.39, 0.29) is 19.0 Å². The molecule has 0 heterocycles. The van der Waals surface area contributed by atoms with Gasteiger partial charge < -0.3 is 10.5 Å². The van der Waals surface area contributed by atoms with E-state index < -0.39 is 27.8 Å². The first-order valence-corrected chi connectivity index (χ1v) is 5.01. The number of nitrogens with two attached hydrogens (primary N) is 2. The predicted octanol–water partition coefficient (Wildman–Crippen LogP) is -1.41. The second-order valence-corrected chi connectivity index (χ2v) is 3.85. The molecule has 0 bridgehead atoms. The van der Waals surface area contributed by atoms with E-state index in [2.05, 4.69) is 9.88 Å². The Labute approximate surface area is 83.1 Å². The number of carbonyl (C=O) groups excluding carboxylic acids is 1. The smallest absolute Gasteiger partial charge is 0.324 e. The van der Waals surface area contributed by atoms with Crippen LogP contribution >= 0.6 is 12.4 Å². The minimum atomic E-state index is -3.71. The fraction of sp³-hybridized carbons (Fsp3) is 0.800. The molecule has 0 aliphatic carbocycles. The van der Waals surface area contributed by atoms with E-state index in [0.29, 0.717) is 0 Å². The Morgan fingerprint density at radius 2 is 2.00 bits per heavy atom. The predicted molar refractivity (Wildman–Crippen MR) is 49.8 cm³/mol. The number of sulfonamides is 1. The van der Waals surface area contributed by atoms with Gasteiger partial charge >= 0.3 is 5.97 Å². The molecule has 0 fully saturated rings. The third-order valence-corrected chi connectivity index (χ3v) is 1.82. The summed E-state index contributed by atoms with van der Waals surface area (Å²) in [5, 5.41) is 4.65. The third kappa shape index (κ3) is 7.97. The highest BCUT2D eigenvalue weighted by Gasteiger charge is 2.19. The van der Waals surface area contributed by atoms with Crippen molar-refractivity contribution in [3.05, 3.63) is 0 Å². The molecule has 0 aromatic carbocycles. The molecule has 13 heavy (non-hydrogen) atoms. The molecule has 0 saturated carbocycles. The molecular formula is C5H13ClN2O4S. The molecule has 0 unspecified atom stereocenters. The van der Waals surface area contributed by atoms with Crippen molar-refractivity contribution < 1.29 is 17.9 Å². The first-order valence-electron chi connectivity index (χ1n) is 3.29. The van der Waals surface area contributed by atoms with E-state index in [1.54, 1.807) is 6.92 Å². The van der Waals surface area contributed by atoms with Crippen LogP contribution in [0.3, 0.4) is 0 Å². The number of ether oxygens (including phenoxy) is 1. The highest BCUT2D eigenvalue weighted by Crippen LogP contribution is 1.89. The van der Waals surface area contributed by atoms with Gasteiger partial charge in [0.05, 0.1) is 12.4 Å². The normalized spacial score (nSPS) is 12.8. The monoisotopic (exact) mass is 232 g/mol. The molecule has 4 N–H and O–H groups in total. The van der Waals surface area contributed by atoms with Gasteiger partial charge in [-0.25, -0.2) is 13.6 Å². The van der Waals surface area contributed by atoms with Crippen molar-refractivity contribution >= 4 is 28.4 Å². The Morgan fingerprint density at radius 3 is 2.31 bits per heavy atom. The van der Waals surface area contributed by atoms with Crippen LogP contribution < -0.4 is 10.9 Å². The summed E-state index contributed by atoms with van der Waals surface area (Å²) in [6, 6.07) is -1.19. The van der Waals surface area contributed by atoms with E-state index in [1.807, 2.05) is 0 Å². The molecule has 0 aliphatic rings. The van der Waals surface area contributed by atoms with Crippen LogP contribution in [-0.4, -0.2) is 32.8 Å². The van der Waals surface area contributed by atoms with Crippen LogP contribution in [0.15, 0.2) is 0 Å². The molecule has 0 amide bonds. The fourth-order valence-corrected chi connectivity index (χ4v) is 1.20. The van der Waals surface area contributed by atoms with E-state index >= 15 is 0 Å². The zero-order chi connectivity index (χ0) is 9.78. The van der Waals surface area contributed by atoms with Crippen molar-refractivity contribution in [2.24, 2.45) is 10.9 Å². The second-order valence-electron chi connectivity index (χ2n) is 2.19. The fourth-order valence-electron chi connectivity index (χ4n) is 0.568. The average molecular weight is 233 g/mol. The Bertz CT molecular complexity index is 253. The molecule has 6 nitrogen and oxygen atoms in total. The second kappa shape index (κ2) is 6.14. The van der Waals surface area contributed by atoms with E-state index in [0.717, 1.165) is 0 Å². The maximum absolute atomic E-state index is 10.8. The van der Waals surface area contributed by atoms with Crippen molar-refractivity contribution in [2.45, 2.75) is 13.0 Å². The van der Waals surface area contributed by atoms with Gasteiger partial charge in [0.25, 0.3) is 0 Å². The average Bonchev–Trinajstić information content (AvgIpc) is 1.84. The molecule has 0 aromatic rings. The largest absolute Gasteiger partial charge is 0.465 e. The summed E-state index contributed by atoms with van der Waals surface area (Å²) in [6.07, 6.45) is 0. The number of esters is 1. The summed E-state index contributed by atoms with van der Waals surface area (Å²) in [6.45, 7) is 1.76. The van der Waals surface area contributed by atoms with Crippen LogP contribution in [0, 0.1) is 0 Å². The maximum Gasteiger partial charge on any atom is 0.324 e. The minimum absolute atomic E-state index is 0. The molecule has 0 aliphatic heterocycles. The van der Waals surface area contributed by atoms with Crippen molar-refractivity contribution in [1.29, 1.82) is 0 Å². The molecule has 0 aromatic heterocycles. The zero-order valence-electron chi connectivity index (χ0n) is 7.10. The van der Waals surface area contributed by atoms with Crippen molar-refractivity contribution in [3.8, 4) is 0 Å². The van der Waals surface area contributed by atoms with E-state index in [9.17, 15) is 13.2 Å². The molecule has 1 atom stereocenters. The van der Waals surface area contributed by atoms with Gasteiger partial charge in [-0.3, -0.25) is 4.79 Å². The first kappa shape index (κ1) is 15.1. The summed E-state index contributed by atoms with van der Waals surface area (Å²) in [4.78, 5) is 10.8. The van der Waals surface area contributed by atoms with Crippen molar-refractivity contribution in [3.63, 3.8) is 0 Å². The zero-order valence-corrected chi connectivity index (χ0v) is 8.73. The maximum atomic E-state index is 10.8. The van der Waals surface area contributed by atoms with Gasteiger partial charge in [0, 0.05) is 0 Å².